The van der Waals surface area contributed by atoms with Crippen molar-refractivity contribution in [3.05, 3.63) is 301 Å². The predicted octanol–water partition coefficient (Wildman–Crippen LogP) is 16.9. The molecule has 4 aliphatic rings. The van der Waals surface area contributed by atoms with Gasteiger partial charge in [-0.05, 0) is 148 Å². The topological polar surface area (TPSA) is 394 Å². The van der Waals surface area contributed by atoms with Crippen molar-refractivity contribution in [2.45, 2.75) is 146 Å². The summed E-state index contributed by atoms with van der Waals surface area (Å²) in [7, 11) is -2.35. The van der Waals surface area contributed by atoms with Gasteiger partial charge < -0.3 is 67.9 Å². The lowest BCUT2D eigenvalue weighted by atomic mass is 9.80. The number of nitrogens with zero attached hydrogens (tertiary/aromatic N) is 9. The molecule has 2 saturated heterocycles. The molecule has 5 heterocycles. The van der Waals surface area contributed by atoms with E-state index in [1.807, 2.05) is 160 Å². The van der Waals surface area contributed by atoms with Gasteiger partial charge in [0.15, 0.2) is 11.2 Å². The van der Waals surface area contributed by atoms with Crippen molar-refractivity contribution in [3.63, 3.8) is 0 Å². The van der Waals surface area contributed by atoms with E-state index in [1.54, 1.807) is 69.8 Å². The van der Waals surface area contributed by atoms with Crippen LogP contribution in [0, 0.1) is 17.9 Å². The molecule has 8 atom stereocenters. The summed E-state index contributed by atoms with van der Waals surface area (Å²) in [4.78, 5) is 116. The third-order valence-corrected chi connectivity index (χ3v) is 27.2. The molecule has 2 fully saturated rings. The zero-order valence-electron chi connectivity index (χ0n) is 77.0. The Bertz CT molecular complexity index is 6140. The number of aromatic amines is 1. The normalized spacial score (nSPS) is 17.1. The van der Waals surface area contributed by atoms with Crippen LogP contribution in [0.3, 0.4) is 0 Å². The number of carbonyl (C=O) groups excluding carboxylic acids is 5. The minimum absolute atomic E-state index is 0.0131. The molecule has 8 aromatic carbocycles. The van der Waals surface area contributed by atoms with Gasteiger partial charge in [0, 0.05) is 88.0 Å². The van der Waals surface area contributed by atoms with Gasteiger partial charge in [0.25, 0.3) is 20.0 Å². The Kier molecular flexibility index (Phi) is 34.9. The molecule has 11 aromatic rings. The second-order valence-electron chi connectivity index (χ2n) is 33.2. The first kappa shape index (κ1) is 100. The van der Waals surface area contributed by atoms with Crippen LogP contribution in [-0.2, 0) is 72.6 Å². The molecule has 15 rings (SSSR count). The average molecular weight is 2020 g/mol. The smallest absolute Gasteiger partial charge is 0.475 e. The first-order chi connectivity index (χ1) is 66.4. The van der Waals surface area contributed by atoms with Gasteiger partial charge in [0.2, 0.25) is 24.3 Å². The number of carbonyl (C=O) groups is 5. The van der Waals surface area contributed by atoms with Gasteiger partial charge in [0.1, 0.15) is 73.5 Å². The molecule has 5 unspecified atom stereocenters. The number of rotatable bonds is 42. The largest absolute Gasteiger partial charge is 0.497 e. The van der Waals surface area contributed by atoms with Gasteiger partial charge in [-0.1, -0.05) is 193 Å². The SMILES string of the molecule is CCI.[C-]#[N+]CCOP(=O)(OC[C@H]1OC(n2ccc(NC(=O)CCCN(C)C(=O)OCC3c4ccccc4-c4ccccc43)nc2=O)CC1OP(OCCC#N)N(C(C)C)C(C)C)OC1C[C@H](n2cnc3c(=O)[nH]c(NC(=O)CCNC(=O)c4ccc(CNC(=O)OCC5c6ccccc6-c6ccccc65)cc4)nc32)O[C@@H]1COC(c1ccccc1)(c1ccc(OC)cc1)c1ccc(OC)cc1. The highest BCUT2D eigenvalue weighted by Crippen LogP contribution is 2.57. The first-order valence-electron chi connectivity index (χ1n) is 45.1. The van der Waals surface area contributed by atoms with Gasteiger partial charge in [-0.25, -0.2) is 35.2 Å². The van der Waals surface area contributed by atoms with Crippen LogP contribution >= 0.6 is 38.9 Å². The monoisotopic (exact) mass is 2010 g/mol. The third kappa shape index (κ3) is 24.6. The van der Waals surface area contributed by atoms with E-state index in [0.29, 0.717) is 33.8 Å². The van der Waals surface area contributed by atoms with E-state index in [9.17, 15) is 38.8 Å². The van der Waals surface area contributed by atoms with Gasteiger partial charge in [-0.15, -0.1) is 0 Å². The highest BCUT2D eigenvalue weighted by atomic mass is 127. The number of nitrogens with one attached hydrogen (secondary N) is 5. The number of alkyl carbamates (subject to hydrolysis) is 1. The summed E-state index contributed by atoms with van der Waals surface area (Å²) in [5, 5.41) is 20.6. The first-order valence-corrected chi connectivity index (χ1v) is 49.2. The van der Waals surface area contributed by atoms with Gasteiger partial charge in [0.05, 0.1) is 59.0 Å². The molecule has 34 nitrogen and oxygen atoms in total. The van der Waals surface area contributed by atoms with Crippen molar-refractivity contribution in [1.82, 2.24) is 49.3 Å². The Balaban J connectivity index is 0.00000493. The third-order valence-electron chi connectivity index (χ3n) is 23.6. The zero-order chi connectivity index (χ0) is 96.7. The number of benzene rings is 8. The predicted molar refractivity (Wildman–Crippen MR) is 522 cm³/mol. The molecule has 2 aliphatic heterocycles. The van der Waals surface area contributed by atoms with Crippen LogP contribution in [0.15, 0.2) is 228 Å². The summed E-state index contributed by atoms with van der Waals surface area (Å²) in [6.07, 6.45) is -5.95. The van der Waals surface area contributed by atoms with Crippen LogP contribution in [-0.4, -0.2) is 190 Å². The van der Waals surface area contributed by atoms with Gasteiger partial charge in [-0.2, -0.15) is 15.2 Å². The fourth-order valence-electron chi connectivity index (χ4n) is 17.1. The lowest BCUT2D eigenvalue weighted by Crippen LogP contribution is -2.38. The Labute approximate surface area is 808 Å². The van der Waals surface area contributed by atoms with E-state index in [4.69, 9.17) is 62.3 Å². The molecule has 5 N–H and O–H groups in total. The summed E-state index contributed by atoms with van der Waals surface area (Å²) < 4.78 is 98.7. The lowest BCUT2D eigenvalue weighted by Gasteiger charge is -2.37. The van der Waals surface area contributed by atoms with Crippen molar-refractivity contribution in [1.29, 1.82) is 5.26 Å². The number of methoxy groups -OCH3 is 2. The zero-order valence-corrected chi connectivity index (χ0v) is 81.0. The molecule has 0 bridgehead atoms. The van der Waals surface area contributed by atoms with Gasteiger partial charge >= 0.3 is 25.7 Å². The molecule has 716 valence electrons. The van der Waals surface area contributed by atoms with Crippen molar-refractivity contribution < 1.29 is 84.3 Å². The number of anilines is 2. The summed E-state index contributed by atoms with van der Waals surface area (Å²) >= 11 is 2.29. The fourth-order valence-corrected chi connectivity index (χ4v) is 20.3. The maximum absolute atomic E-state index is 16.1. The van der Waals surface area contributed by atoms with Crippen LogP contribution in [0.4, 0.5) is 21.4 Å². The molecule has 37 heteroatoms. The molecule has 5 amide bonds. The Morgan fingerprint density at radius 2 is 1.21 bits per heavy atom. The number of amides is 5. The maximum Gasteiger partial charge on any atom is 0.475 e. The Morgan fingerprint density at radius 3 is 1.78 bits per heavy atom. The number of phosphoric acid groups is 1. The van der Waals surface area contributed by atoms with Crippen LogP contribution < -0.4 is 42.0 Å². The number of nitriles is 1. The van der Waals surface area contributed by atoms with E-state index in [0.717, 1.165) is 44.5 Å². The number of imidazole rings is 1. The van der Waals surface area contributed by atoms with E-state index >= 15 is 4.57 Å². The minimum atomic E-state index is -5.03. The highest BCUT2D eigenvalue weighted by Gasteiger charge is 2.49. The van der Waals surface area contributed by atoms with Crippen molar-refractivity contribution in [2.24, 2.45) is 0 Å². The number of fused-ring (bicyclic) bond motifs is 7. The van der Waals surface area contributed by atoms with Crippen LogP contribution in [0.2, 0.25) is 0 Å². The van der Waals surface area contributed by atoms with Crippen LogP contribution in [0.25, 0.3) is 38.3 Å². The quantitative estimate of drug-likeness (QED) is 0.00592. The number of phosphoric ester groups is 1. The van der Waals surface area contributed by atoms with Gasteiger partial charge in [-0.3, -0.25) is 52.2 Å². The molecule has 3 aromatic heterocycles. The summed E-state index contributed by atoms with van der Waals surface area (Å²) in [5.74, 6) is -1.06. The molecular formula is C100H109IN14O20P2. The van der Waals surface area contributed by atoms with Crippen LogP contribution in [0.1, 0.15) is 152 Å². The Hall–Kier alpha value is -12.5. The number of ether oxygens (including phenoxy) is 7. The minimum Gasteiger partial charge on any atom is -0.497 e. The molecule has 0 saturated carbocycles. The highest BCUT2D eigenvalue weighted by molar-refractivity contribution is 14.1. The van der Waals surface area contributed by atoms with E-state index in [1.165, 1.54) is 37.1 Å². The number of alkyl halides is 1. The van der Waals surface area contributed by atoms with E-state index < -0.39 is 113 Å². The maximum atomic E-state index is 16.1. The number of aromatic nitrogens is 6. The number of hydrogen-bond donors (Lipinski definition) is 5. The number of hydrogen-bond acceptors (Lipinski definition) is 25. The summed E-state index contributed by atoms with van der Waals surface area (Å²) in [6, 6.07) is 66.1. The molecule has 137 heavy (non-hydrogen) atoms. The Morgan fingerprint density at radius 1 is 0.664 bits per heavy atom. The number of halogens is 1. The van der Waals surface area contributed by atoms with E-state index in [2.05, 4.69) is 106 Å². The molecular weight excluding hydrogens is 1910 g/mol. The van der Waals surface area contributed by atoms with Crippen molar-refractivity contribution >= 4 is 91.8 Å². The van der Waals surface area contributed by atoms with Crippen molar-refractivity contribution in [3.8, 4) is 39.8 Å². The van der Waals surface area contributed by atoms with Crippen molar-refractivity contribution in [2.75, 3.05) is 95.6 Å². The lowest BCUT2D eigenvalue weighted by molar-refractivity contribution is -0.117. The second-order valence-corrected chi connectivity index (χ2v) is 37.7. The summed E-state index contributed by atoms with van der Waals surface area (Å²) in [5.41, 5.74) is 8.44. The molecule has 0 radical (unpaired) electrons. The number of H-pyrrole nitrogens is 1. The standard InChI is InChI=1S/C98H104N14O20P2.C2H5I/c1-62(2)112(63(3)4)133(126-52-21-47-99)131-81-54-88(110-51-46-85(105-95(110)117)104-86(113)32-20-50-109(6)97(119)124-58-80-77-30-18-14-26-73(77)74-27-15-19-31-78(74)80)130-84(81)60-128-134(120,127-53-49-100-5)132-82-55-89(129-83(82)59-125-98(66-22-10-9-11-23-66,67-37-41-69(121-7)42-38-67)68-39-43-70(122-8)44-40-68)111-61-103-90-91(111)107-94(108-93(90)116)106-87(114)45-48-101-92(115)65-35-33-64(34-36-65)56-102-96(118)123-57-79-75-28-16-12-24-71(75)72-25-13-17-29-76(72)79;1-2-3/h9-19,22-31,33-44,46,51,61-63,79-84,88-89H,20-21,32,45,48-50,52-60H2,1-4,6-8H3,(H,101,115)(H,102,118)(H,104,105,113,117)(H2,106,107,108,114,116);2H2,1H3/t81?,82?,83-,84-,88?,89-,133?,134?;/m1./s1. The molecule has 2 aliphatic carbocycles. The van der Waals surface area contributed by atoms with Crippen LogP contribution in [0.5, 0.6) is 11.5 Å². The average Bonchev–Trinajstić information content (AvgIpc) is 1.76. The second kappa shape index (κ2) is 47.5. The van der Waals surface area contributed by atoms with E-state index in [-0.39, 0.29) is 144 Å². The fraction of sp³-hybridized carbons (Fsp3) is 0.360. The summed E-state index contributed by atoms with van der Waals surface area (Å²) in [6.45, 7) is 16.4. The molecule has 0 spiro atoms.